The van der Waals surface area contributed by atoms with E-state index in [-0.39, 0.29) is 72.0 Å². The van der Waals surface area contributed by atoms with Gasteiger partial charge in [0.15, 0.2) is 0 Å². The largest absolute Gasteiger partial charge is 0.267 e. The molecule has 0 aromatic carbocycles. The molecule has 0 N–H and O–H groups in total. The Hall–Kier alpha value is 3.12. The van der Waals surface area contributed by atoms with Gasteiger partial charge in [0, 0.05) is 0 Å². The first kappa shape index (κ1) is 51.1. The first-order valence-electron chi connectivity index (χ1n) is 13.3. The SMILES string of the molecule is [B]B([B])B(B([B])[B])B(B(B([B])[B])B([B])[B])B(B(B(B([B])[B])B([B])[BH3-])B(B([BH3-])[BH3-])B([BH3-])[BH3-])B(B(B([B])[B])B([B])[B])B(B([B])[B])B([B])B([BH3-])[BH3-]. The van der Waals surface area contributed by atoms with Gasteiger partial charge in [0.2, 0.25) is 0 Å². The lowest BCUT2D eigenvalue weighted by atomic mass is 8.25. The Morgan fingerprint density at radius 1 is 0.208 bits per heavy atom. The van der Waals surface area contributed by atoms with Crippen molar-refractivity contribution in [2.24, 2.45) is 0 Å². The Bertz CT molecular complexity index is 695. The highest BCUT2D eigenvalue weighted by Gasteiger charge is 2.57. The zero-order valence-electron chi connectivity index (χ0n) is 23.7. The van der Waals surface area contributed by atoms with Gasteiger partial charge in [-0.05, 0) is 248 Å². The molecule has 0 aromatic rings. The summed E-state index contributed by atoms with van der Waals surface area (Å²) >= 11 is 0. The van der Waals surface area contributed by atoms with Crippen molar-refractivity contribution >= 4 is 340 Å². The fraction of sp³-hybridized carbons (Fsp3) is 0. The van der Waals surface area contributed by atoms with Crippen LogP contribution in [0.5, 0.6) is 0 Å². The van der Waals surface area contributed by atoms with Crippen LogP contribution in [0.4, 0.5) is 0 Å². The topological polar surface area (TPSA) is 0 Å². The molecule has 0 atom stereocenters. The fourth-order valence-electron chi connectivity index (χ4n) is 6.67. The molecule has 0 aromatic heterocycles. The van der Waals surface area contributed by atoms with E-state index >= 15 is 0 Å². The Balaban J connectivity index is 9.31. The molecule has 0 aliphatic rings. The molecular weight excluding hydrogens is 519 g/mol. The van der Waals surface area contributed by atoms with E-state index in [0.717, 1.165) is 0 Å². The van der Waals surface area contributed by atoms with Crippen molar-refractivity contribution in [1.29, 1.82) is 0 Å². The third-order valence-corrected chi connectivity index (χ3v) is 8.22. The zero-order chi connectivity index (χ0) is 38.3. The van der Waals surface area contributed by atoms with Crippen molar-refractivity contribution in [3.8, 4) is 0 Å². The Labute approximate surface area is 337 Å². The molecule has 0 spiro atoms. The second kappa shape index (κ2) is 23.2. The maximum Gasteiger partial charge on any atom is -0.000000000000408 e. The smallest absolute Gasteiger partial charge is 0.000000000000408 e. The summed E-state index contributed by atoms with van der Waals surface area (Å²) in [6, 6.07) is 0. The monoisotopic (exact) mass is 550 g/mol. The van der Waals surface area contributed by atoms with Gasteiger partial charge >= 0.3 is 0 Å². The van der Waals surface area contributed by atoms with Crippen molar-refractivity contribution < 1.29 is 0 Å². The number of hydrogen-bond acceptors (Lipinski definition) is 0. The third-order valence-electron chi connectivity index (χ3n) is 8.22. The lowest BCUT2D eigenvalue weighted by Gasteiger charge is -2.59. The van der Waals surface area contributed by atoms with E-state index in [0.29, 0.717) is 25.5 Å². The van der Waals surface area contributed by atoms with Crippen LogP contribution in [0.2, 0.25) is 0 Å². The average molecular weight is 540 g/mol. The Morgan fingerprint density at radius 2 is 0.417 bits per heavy atom. The molecule has 0 unspecified atom stereocenters. The molecule has 0 saturated carbocycles. The molecule has 48 heavy (non-hydrogen) atoms. The van der Waals surface area contributed by atoms with Gasteiger partial charge < -0.3 is 0 Å². The maximum absolute atomic E-state index is 7.21. The molecule has 0 bridgehead atoms. The van der Waals surface area contributed by atoms with Crippen LogP contribution in [0.15, 0.2) is 0 Å². The molecule has 0 rings (SSSR count). The lowest BCUT2D eigenvalue weighted by Crippen LogP contribution is -2.94. The third kappa shape index (κ3) is 13.7. The van der Waals surface area contributed by atoms with E-state index in [1.54, 1.807) is 0 Å². The highest BCUT2D eigenvalue weighted by Crippen LogP contribution is 2.21. The van der Waals surface area contributed by atoms with E-state index in [1.165, 1.54) is 0 Å². The highest BCUT2D eigenvalue weighted by molar-refractivity contribution is 8.35. The van der Waals surface area contributed by atoms with Gasteiger partial charge in [-0.3, -0.25) is 19.2 Å². The number of rotatable bonds is 22. The van der Waals surface area contributed by atoms with E-state index in [4.69, 9.17) is 139 Å². The summed E-state index contributed by atoms with van der Waals surface area (Å²) in [5.41, 5.74) is 0. The van der Waals surface area contributed by atoms with Crippen molar-refractivity contribution in [3.05, 3.63) is 0 Å². The first-order chi connectivity index (χ1) is 21.8. The van der Waals surface area contributed by atoms with Crippen LogP contribution in [0, 0.1) is 0 Å². The molecule has 48 heteroatoms. The second-order valence-corrected chi connectivity index (χ2v) is 11.2. The summed E-state index contributed by atoms with van der Waals surface area (Å²) in [6.45, 7) is 0. The summed E-state index contributed by atoms with van der Waals surface area (Å²) in [7, 11) is 120. The van der Waals surface area contributed by atoms with Gasteiger partial charge in [0.05, 0.1) is 0 Å². The van der Waals surface area contributed by atoms with Gasteiger partial charge in [-0.25, -0.2) is 0 Å². The Kier molecular flexibility index (Phi) is 24.8. The number of hydrogen-bond donors (Lipinski definition) is 0. The van der Waals surface area contributed by atoms with Crippen molar-refractivity contribution in [2.45, 2.75) is 0 Å². The van der Waals surface area contributed by atoms with E-state index in [2.05, 4.69) is 0 Å². The molecule has 172 valence electrons. The van der Waals surface area contributed by atoms with Gasteiger partial charge in [0.1, 0.15) is 0 Å². The van der Waals surface area contributed by atoms with Gasteiger partial charge in [-0.2, -0.15) is 0 Å². The molecule has 0 amide bonds. The second-order valence-electron chi connectivity index (χ2n) is 11.2. The molecule has 0 fully saturated rings. The standard InChI is InChI=1S/B48H21/c1-26(2)38(25)44(37(23)24)47(43(35(19)20)36(21)22)48(45(39(27(3)4)28(5)6)40(29(7)8)30(9)10)46(41(31(11)12)32(13)14)42(33(15)16)34(17)18/h1-7H3/q-7. The summed E-state index contributed by atoms with van der Waals surface area (Å²) in [5.74, 6) is 0. The van der Waals surface area contributed by atoms with E-state index in [1.807, 2.05) is 0 Å². The van der Waals surface area contributed by atoms with E-state index < -0.39 is 104 Å². The van der Waals surface area contributed by atoms with Gasteiger partial charge in [-0.15, -0.1) is 59.2 Å². The molecule has 0 aliphatic heterocycles. The lowest BCUT2D eigenvalue weighted by molar-refractivity contribution is 3.19. The van der Waals surface area contributed by atoms with Crippen LogP contribution in [0.3, 0.4) is 0 Å². The van der Waals surface area contributed by atoms with Crippen molar-refractivity contribution in [3.63, 3.8) is 0 Å². The Morgan fingerprint density at radius 3 is 0.604 bits per heavy atom. The van der Waals surface area contributed by atoms with Crippen LogP contribution in [0.1, 0.15) is 0 Å². The van der Waals surface area contributed by atoms with E-state index in [9.17, 15) is 0 Å². The normalized spacial score (nSPS) is 9.81. The van der Waals surface area contributed by atoms with Crippen LogP contribution in [-0.4, -0.2) is 340 Å². The summed E-state index contributed by atoms with van der Waals surface area (Å²) in [5, 5.41) is 0. The minimum absolute atomic E-state index is 0.0380. The van der Waals surface area contributed by atoms with Crippen LogP contribution in [0.25, 0.3) is 0 Å². The molecule has 36 radical (unpaired) electrons. The van der Waals surface area contributed by atoms with Crippen LogP contribution >= 0.6 is 0 Å². The summed E-state index contributed by atoms with van der Waals surface area (Å²) in [6.07, 6.45) is -10.8. The maximum atomic E-state index is 7.21. The van der Waals surface area contributed by atoms with Gasteiger partial charge in [-0.1, -0.05) is 14.1 Å². The first-order valence-corrected chi connectivity index (χ1v) is 13.3. The van der Waals surface area contributed by atoms with Crippen molar-refractivity contribution in [1.82, 2.24) is 0 Å². The summed E-state index contributed by atoms with van der Waals surface area (Å²) in [4.78, 5) is 0. The molecular formula is H21B48-7. The predicted molar refractivity (Wildman–Crippen MR) is 305 cm³/mol. The van der Waals surface area contributed by atoms with Crippen LogP contribution < -0.4 is 0 Å². The fourth-order valence-corrected chi connectivity index (χ4v) is 6.67. The zero-order valence-corrected chi connectivity index (χ0v) is 23.7. The predicted octanol–water partition coefficient (Wildman–Crippen LogP) is -23.9. The summed E-state index contributed by atoms with van der Waals surface area (Å²) < 4.78 is 0. The molecule has 0 nitrogen and oxygen atoms in total. The molecule has 0 saturated heterocycles. The molecule has 0 aliphatic carbocycles. The minimum atomic E-state index is -1.01. The minimum Gasteiger partial charge on any atom is -0.267 e. The van der Waals surface area contributed by atoms with Crippen molar-refractivity contribution in [2.75, 3.05) is 0 Å². The van der Waals surface area contributed by atoms with Crippen LogP contribution in [-0.2, 0) is 0 Å². The average Bonchev–Trinajstić information content (AvgIpc) is 2.86. The highest BCUT2D eigenvalue weighted by atomic mass is 13.4. The quantitative estimate of drug-likeness (QED) is 0.120. The molecule has 0 heterocycles. The van der Waals surface area contributed by atoms with Gasteiger partial charge in [0.25, 0.3) is 0 Å².